The van der Waals surface area contributed by atoms with Gasteiger partial charge in [-0.05, 0) is 24.3 Å². The van der Waals surface area contributed by atoms with Gasteiger partial charge < -0.3 is 9.47 Å². The molecule has 0 aliphatic heterocycles. The standard InChI is InChI=1S/C19H13Cl3F3N3O4S/c1-31-11-7-5-10(6-8-11)16(19(23,24)25)32-18-17(26-9-14(21)27-18)28-33(29,30)13-4-2-3-12(20)15(13)22/h2-9,16H,1H3,(H,26,28). The van der Waals surface area contributed by atoms with E-state index in [1.165, 1.54) is 31.4 Å². The Kier molecular flexibility index (Phi) is 7.47. The highest BCUT2D eigenvalue weighted by Crippen LogP contribution is 2.39. The zero-order valence-corrected chi connectivity index (χ0v) is 19.5. The van der Waals surface area contributed by atoms with Gasteiger partial charge >= 0.3 is 6.18 Å². The summed E-state index contributed by atoms with van der Waals surface area (Å²) in [4.78, 5) is 6.97. The average Bonchev–Trinajstić information content (AvgIpc) is 2.74. The van der Waals surface area contributed by atoms with Crippen molar-refractivity contribution in [3.05, 3.63) is 69.4 Å². The molecule has 3 rings (SSSR count). The van der Waals surface area contributed by atoms with Crippen molar-refractivity contribution >= 4 is 50.6 Å². The molecule has 2 aromatic carbocycles. The van der Waals surface area contributed by atoms with E-state index >= 15 is 0 Å². The predicted octanol–water partition coefficient (Wildman–Crippen LogP) is 5.93. The van der Waals surface area contributed by atoms with Crippen molar-refractivity contribution in [1.29, 1.82) is 0 Å². The molecule has 1 aromatic heterocycles. The smallest absolute Gasteiger partial charge is 0.429 e. The van der Waals surface area contributed by atoms with Crippen LogP contribution in [-0.4, -0.2) is 31.7 Å². The molecular weight excluding hydrogens is 530 g/mol. The zero-order chi connectivity index (χ0) is 24.4. The number of anilines is 1. The molecule has 14 heteroatoms. The summed E-state index contributed by atoms with van der Waals surface area (Å²) in [5.41, 5.74) is -0.295. The van der Waals surface area contributed by atoms with Crippen molar-refractivity contribution in [2.24, 2.45) is 0 Å². The van der Waals surface area contributed by atoms with Crippen LogP contribution in [0.25, 0.3) is 0 Å². The third-order valence-corrected chi connectivity index (χ3v) is 6.59. The molecule has 176 valence electrons. The summed E-state index contributed by atoms with van der Waals surface area (Å²) in [6.45, 7) is 0. The van der Waals surface area contributed by atoms with Crippen LogP contribution >= 0.6 is 34.8 Å². The van der Waals surface area contributed by atoms with E-state index in [0.717, 1.165) is 24.4 Å². The molecule has 0 fully saturated rings. The van der Waals surface area contributed by atoms with Crippen LogP contribution in [0.5, 0.6) is 11.6 Å². The van der Waals surface area contributed by atoms with E-state index < -0.39 is 38.9 Å². The van der Waals surface area contributed by atoms with Gasteiger partial charge in [0.1, 0.15) is 10.6 Å². The molecular formula is C19H13Cl3F3N3O4S. The Morgan fingerprint density at radius 1 is 1.06 bits per heavy atom. The van der Waals surface area contributed by atoms with Gasteiger partial charge in [0, 0.05) is 5.56 Å². The fourth-order valence-electron chi connectivity index (χ4n) is 2.59. The Morgan fingerprint density at radius 3 is 2.33 bits per heavy atom. The van der Waals surface area contributed by atoms with Gasteiger partial charge in [0.2, 0.25) is 11.9 Å². The zero-order valence-electron chi connectivity index (χ0n) is 16.4. The minimum Gasteiger partial charge on any atom is -0.497 e. The molecule has 0 saturated carbocycles. The lowest BCUT2D eigenvalue weighted by atomic mass is 10.1. The van der Waals surface area contributed by atoms with Crippen molar-refractivity contribution in [2.75, 3.05) is 11.8 Å². The molecule has 7 nitrogen and oxygen atoms in total. The molecule has 0 aliphatic rings. The number of ether oxygens (including phenoxy) is 2. The SMILES string of the molecule is COc1ccc(C(Oc2nc(Cl)cnc2NS(=O)(=O)c2cccc(Cl)c2Cl)C(F)(F)F)cc1. The fourth-order valence-corrected chi connectivity index (χ4v) is 4.49. The first-order chi connectivity index (χ1) is 15.4. The van der Waals surface area contributed by atoms with E-state index in [4.69, 9.17) is 44.3 Å². The van der Waals surface area contributed by atoms with Crippen LogP contribution in [0.3, 0.4) is 0 Å². The molecule has 1 heterocycles. The number of hydrogen-bond acceptors (Lipinski definition) is 6. The van der Waals surface area contributed by atoms with E-state index in [0.29, 0.717) is 5.75 Å². The number of nitrogens with one attached hydrogen (secondary N) is 1. The van der Waals surface area contributed by atoms with E-state index in [1.54, 1.807) is 0 Å². The highest BCUT2D eigenvalue weighted by atomic mass is 35.5. The summed E-state index contributed by atoms with van der Waals surface area (Å²) in [6.07, 6.45) is -6.48. The third-order valence-electron chi connectivity index (χ3n) is 4.09. The summed E-state index contributed by atoms with van der Waals surface area (Å²) in [7, 11) is -3.08. The second kappa shape index (κ2) is 9.80. The number of halogens is 6. The van der Waals surface area contributed by atoms with Crippen LogP contribution in [0.4, 0.5) is 19.0 Å². The van der Waals surface area contributed by atoms with Crippen molar-refractivity contribution in [1.82, 2.24) is 9.97 Å². The minimum absolute atomic E-state index is 0.0464. The Hall–Kier alpha value is -2.47. The lowest BCUT2D eigenvalue weighted by Gasteiger charge is -2.23. The third kappa shape index (κ3) is 5.91. The number of hydrogen-bond donors (Lipinski definition) is 1. The maximum absolute atomic E-state index is 13.8. The predicted molar refractivity (Wildman–Crippen MR) is 117 cm³/mol. The maximum atomic E-state index is 13.8. The topological polar surface area (TPSA) is 90.4 Å². The number of nitrogens with zero attached hydrogens (tertiary/aromatic N) is 2. The van der Waals surface area contributed by atoms with Crippen molar-refractivity contribution < 1.29 is 31.1 Å². The van der Waals surface area contributed by atoms with Crippen LogP contribution in [-0.2, 0) is 10.0 Å². The first-order valence-electron chi connectivity index (χ1n) is 8.79. The van der Waals surface area contributed by atoms with E-state index in [9.17, 15) is 21.6 Å². The maximum Gasteiger partial charge on any atom is 0.429 e. The molecule has 3 aromatic rings. The van der Waals surface area contributed by atoms with Crippen LogP contribution < -0.4 is 14.2 Å². The van der Waals surface area contributed by atoms with Gasteiger partial charge in [-0.25, -0.2) is 13.4 Å². The highest BCUT2D eigenvalue weighted by molar-refractivity contribution is 7.92. The van der Waals surface area contributed by atoms with Crippen molar-refractivity contribution in [2.45, 2.75) is 17.2 Å². The monoisotopic (exact) mass is 541 g/mol. The number of benzene rings is 2. The number of rotatable bonds is 7. The van der Waals surface area contributed by atoms with Gasteiger partial charge in [0.15, 0.2) is 5.15 Å². The molecule has 0 radical (unpaired) electrons. The van der Waals surface area contributed by atoms with Crippen LogP contribution in [0.1, 0.15) is 11.7 Å². The average molecular weight is 543 g/mol. The lowest BCUT2D eigenvalue weighted by Crippen LogP contribution is -2.27. The largest absolute Gasteiger partial charge is 0.497 e. The summed E-state index contributed by atoms with van der Waals surface area (Å²) in [5.74, 6) is -1.12. The molecule has 1 N–H and O–H groups in total. The summed E-state index contributed by atoms with van der Waals surface area (Å²) < 4.78 is 79.0. The molecule has 1 unspecified atom stereocenters. The number of aromatic nitrogens is 2. The van der Waals surface area contributed by atoms with E-state index in [1.807, 2.05) is 4.72 Å². The van der Waals surface area contributed by atoms with Gasteiger partial charge in [-0.15, -0.1) is 0 Å². The summed E-state index contributed by atoms with van der Waals surface area (Å²) in [5, 5.41) is -0.665. The molecule has 0 bridgehead atoms. The Bertz CT molecular complexity index is 1260. The molecule has 1 atom stereocenters. The lowest BCUT2D eigenvalue weighted by molar-refractivity contribution is -0.198. The van der Waals surface area contributed by atoms with Gasteiger partial charge in [0.05, 0.1) is 23.4 Å². The first kappa shape index (κ1) is 25.2. The molecule has 0 amide bonds. The molecule has 0 saturated heterocycles. The number of alkyl halides is 3. The first-order valence-corrected chi connectivity index (χ1v) is 11.4. The minimum atomic E-state index is -4.90. The second-order valence-corrected chi connectivity index (χ2v) is 9.14. The second-order valence-electron chi connectivity index (χ2n) is 6.32. The molecule has 0 aliphatic carbocycles. The van der Waals surface area contributed by atoms with Gasteiger partial charge in [0.25, 0.3) is 15.9 Å². The summed E-state index contributed by atoms with van der Waals surface area (Å²) >= 11 is 17.6. The molecule has 33 heavy (non-hydrogen) atoms. The number of methoxy groups -OCH3 is 1. The van der Waals surface area contributed by atoms with Crippen LogP contribution in [0.2, 0.25) is 15.2 Å². The number of sulfonamides is 1. The Balaban J connectivity index is 2.01. The summed E-state index contributed by atoms with van der Waals surface area (Å²) in [6, 6.07) is 8.75. The van der Waals surface area contributed by atoms with Crippen molar-refractivity contribution in [3.63, 3.8) is 0 Å². The van der Waals surface area contributed by atoms with Crippen LogP contribution in [0, 0.1) is 0 Å². The van der Waals surface area contributed by atoms with Gasteiger partial charge in [-0.3, -0.25) is 4.72 Å². The normalized spacial score (nSPS) is 12.8. The van der Waals surface area contributed by atoms with Crippen LogP contribution in [0.15, 0.2) is 53.6 Å². The van der Waals surface area contributed by atoms with Crippen molar-refractivity contribution in [3.8, 4) is 11.6 Å². The molecule has 0 spiro atoms. The van der Waals surface area contributed by atoms with Gasteiger partial charge in [-0.2, -0.15) is 18.2 Å². The van der Waals surface area contributed by atoms with E-state index in [-0.39, 0.29) is 20.8 Å². The fraction of sp³-hybridized carbons (Fsp3) is 0.158. The van der Waals surface area contributed by atoms with E-state index in [2.05, 4.69) is 9.97 Å². The quantitative estimate of drug-likeness (QED) is 0.398. The highest BCUT2D eigenvalue weighted by Gasteiger charge is 2.44. The Morgan fingerprint density at radius 2 is 1.73 bits per heavy atom. The van der Waals surface area contributed by atoms with Gasteiger partial charge in [-0.1, -0.05) is 53.0 Å². The Labute approximate surface area is 201 Å².